The average Bonchev–Trinajstić information content (AvgIpc) is 3.47. The van der Waals surface area contributed by atoms with Gasteiger partial charge in [-0.1, -0.05) is 6.07 Å². The third-order valence-corrected chi connectivity index (χ3v) is 4.85. The van der Waals surface area contributed by atoms with Gasteiger partial charge in [0.05, 0.1) is 12.3 Å². The quantitative estimate of drug-likeness (QED) is 0.426. The lowest BCUT2D eigenvalue weighted by Crippen LogP contribution is -2.49. The molecule has 1 aliphatic heterocycles. The lowest BCUT2D eigenvalue weighted by molar-refractivity contribution is 0.128. The Kier molecular flexibility index (Phi) is 7.06. The van der Waals surface area contributed by atoms with Crippen molar-refractivity contribution in [3.8, 4) is 0 Å². The van der Waals surface area contributed by atoms with E-state index in [0.29, 0.717) is 6.04 Å². The Morgan fingerprint density at radius 2 is 2.12 bits per heavy atom. The first-order chi connectivity index (χ1) is 12.3. The molecule has 0 spiro atoms. The van der Waals surface area contributed by atoms with Crippen LogP contribution in [0, 0.1) is 5.92 Å². The van der Waals surface area contributed by atoms with Crippen molar-refractivity contribution in [2.24, 2.45) is 10.9 Å². The maximum absolute atomic E-state index is 5.66. The van der Waals surface area contributed by atoms with Gasteiger partial charge in [-0.3, -0.25) is 14.9 Å². The van der Waals surface area contributed by atoms with Gasteiger partial charge >= 0.3 is 0 Å². The molecule has 1 saturated heterocycles. The summed E-state index contributed by atoms with van der Waals surface area (Å²) in [6, 6.07) is 6.61. The van der Waals surface area contributed by atoms with E-state index >= 15 is 0 Å². The fourth-order valence-electron chi connectivity index (χ4n) is 3.12. The predicted molar refractivity (Wildman–Crippen MR) is 101 cm³/mol. The summed E-state index contributed by atoms with van der Waals surface area (Å²) in [5, 5.41) is 6.90. The minimum Gasteiger partial charge on any atom is -0.379 e. The molecule has 0 bridgehead atoms. The first-order valence-electron chi connectivity index (χ1n) is 9.50. The van der Waals surface area contributed by atoms with Crippen molar-refractivity contribution >= 4 is 5.96 Å². The normalized spacial score (nSPS) is 19.8. The number of nitrogens with zero attached hydrogens (tertiary/aromatic N) is 3. The van der Waals surface area contributed by atoms with E-state index < -0.39 is 0 Å². The maximum atomic E-state index is 5.66. The number of aliphatic imine (C=N–C) groups is 1. The van der Waals surface area contributed by atoms with Crippen molar-refractivity contribution in [3.63, 3.8) is 0 Å². The Morgan fingerprint density at radius 3 is 2.80 bits per heavy atom. The minimum atomic E-state index is 0.485. The number of likely N-dealkylation sites (tertiary alicyclic amines) is 1. The first-order valence-corrected chi connectivity index (χ1v) is 9.50. The summed E-state index contributed by atoms with van der Waals surface area (Å²) in [6.45, 7) is 5.61. The zero-order chi connectivity index (χ0) is 17.3. The van der Waals surface area contributed by atoms with Gasteiger partial charge in [-0.25, -0.2) is 0 Å². The summed E-state index contributed by atoms with van der Waals surface area (Å²) in [5.41, 5.74) is 1.15. The van der Waals surface area contributed by atoms with Gasteiger partial charge in [-0.15, -0.1) is 0 Å². The summed E-state index contributed by atoms with van der Waals surface area (Å²) in [6.07, 6.45) is 6.82. The Balaban J connectivity index is 1.30. The fraction of sp³-hybridized carbons (Fsp3) is 0.684. The van der Waals surface area contributed by atoms with Crippen LogP contribution >= 0.6 is 0 Å². The number of guanidine groups is 1. The smallest absolute Gasteiger partial charge is 0.191 e. The molecule has 2 N–H and O–H groups in total. The predicted octanol–water partition coefficient (Wildman–Crippen LogP) is 1.64. The molecular weight excluding hydrogens is 314 g/mol. The summed E-state index contributed by atoms with van der Waals surface area (Å²) in [5.74, 6) is 1.71. The maximum Gasteiger partial charge on any atom is 0.191 e. The largest absolute Gasteiger partial charge is 0.379 e. The third-order valence-electron chi connectivity index (χ3n) is 4.85. The molecule has 1 aliphatic carbocycles. The Morgan fingerprint density at radius 1 is 1.28 bits per heavy atom. The van der Waals surface area contributed by atoms with Crippen LogP contribution in [0.2, 0.25) is 0 Å². The van der Waals surface area contributed by atoms with Crippen LogP contribution in [0.25, 0.3) is 0 Å². The lowest BCUT2D eigenvalue weighted by Gasteiger charge is -2.32. The van der Waals surface area contributed by atoms with Crippen LogP contribution in [0.1, 0.15) is 31.4 Å². The topological polar surface area (TPSA) is 61.8 Å². The highest BCUT2D eigenvalue weighted by atomic mass is 16.5. The van der Waals surface area contributed by atoms with Crippen molar-refractivity contribution < 1.29 is 4.74 Å². The highest BCUT2D eigenvalue weighted by Gasteiger charge is 2.21. The summed E-state index contributed by atoms with van der Waals surface area (Å²) < 4.78 is 5.66. The van der Waals surface area contributed by atoms with Gasteiger partial charge in [-0.2, -0.15) is 0 Å². The van der Waals surface area contributed by atoms with Gasteiger partial charge < -0.3 is 15.4 Å². The van der Waals surface area contributed by atoms with E-state index in [1.807, 2.05) is 19.3 Å². The van der Waals surface area contributed by atoms with Gasteiger partial charge in [0.25, 0.3) is 0 Å². The molecule has 2 fully saturated rings. The van der Waals surface area contributed by atoms with E-state index in [-0.39, 0.29) is 0 Å². The number of pyridine rings is 1. The number of ether oxygens (including phenoxy) is 1. The van der Waals surface area contributed by atoms with Crippen LogP contribution in [0.3, 0.4) is 0 Å². The van der Waals surface area contributed by atoms with E-state index in [4.69, 9.17) is 4.74 Å². The van der Waals surface area contributed by atoms with Crippen LogP contribution < -0.4 is 10.6 Å². The van der Waals surface area contributed by atoms with E-state index in [2.05, 4.69) is 37.6 Å². The van der Waals surface area contributed by atoms with Crippen molar-refractivity contribution in [1.29, 1.82) is 0 Å². The molecule has 6 heteroatoms. The van der Waals surface area contributed by atoms with Gasteiger partial charge in [-0.05, 0) is 43.7 Å². The molecule has 0 amide bonds. The Hall–Kier alpha value is -1.66. The third kappa shape index (κ3) is 6.63. The molecule has 1 aromatic rings. The molecule has 0 aromatic carbocycles. The standard InChI is InChI=1S/C19H31N5O/c1-20-19(22-10-13-25-15-16-5-6-16)23-17-7-11-24(12-8-17)14-18-4-2-3-9-21-18/h2-4,9,16-17H,5-8,10-15H2,1H3,(H2,20,22,23). The second-order valence-corrected chi connectivity index (χ2v) is 7.03. The first kappa shape index (κ1) is 18.1. The van der Waals surface area contributed by atoms with E-state index in [1.54, 1.807) is 0 Å². The number of rotatable bonds is 8. The molecule has 0 radical (unpaired) electrons. The molecule has 3 rings (SSSR count). The number of hydrogen-bond donors (Lipinski definition) is 2. The molecule has 138 valence electrons. The Labute approximate surface area is 151 Å². The second kappa shape index (κ2) is 9.73. The molecule has 25 heavy (non-hydrogen) atoms. The molecule has 1 aromatic heterocycles. The second-order valence-electron chi connectivity index (χ2n) is 7.03. The van der Waals surface area contributed by atoms with Crippen molar-refractivity contribution in [2.45, 2.75) is 38.3 Å². The van der Waals surface area contributed by atoms with Crippen LogP contribution in [-0.2, 0) is 11.3 Å². The number of aromatic nitrogens is 1. The van der Waals surface area contributed by atoms with Crippen LogP contribution in [0.15, 0.2) is 29.4 Å². The van der Waals surface area contributed by atoms with E-state index in [1.165, 1.54) is 12.8 Å². The van der Waals surface area contributed by atoms with Gasteiger partial charge in [0.15, 0.2) is 5.96 Å². The SMILES string of the molecule is CN=C(NCCOCC1CC1)NC1CCN(Cc2ccccn2)CC1. The fourth-order valence-corrected chi connectivity index (χ4v) is 3.12. The monoisotopic (exact) mass is 345 g/mol. The van der Waals surface area contributed by atoms with E-state index in [9.17, 15) is 0 Å². The van der Waals surface area contributed by atoms with Crippen molar-refractivity contribution in [2.75, 3.05) is 39.9 Å². The Bertz CT molecular complexity index is 524. The molecule has 2 heterocycles. The molecule has 1 saturated carbocycles. The average molecular weight is 345 g/mol. The molecule has 0 atom stereocenters. The zero-order valence-corrected chi connectivity index (χ0v) is 15.3. The highest BCUT2D eigenvalue weighted by Crippen LogP contribution is 2.28. The van der Waals surface area contributed by atoms with Crippen molar-refractivity contribution in [3.05, 3.63) is 30.1 Å². The number of nitrogens with one attached hydrogen (secondary N) is 2. The summed E-state index contributed by atoms with van der Waals surface area (Å²) in [7, 11) is 1.83. The van der Waals surface area contributed by atoms with Crippen LogP contribution in [0.4, 0.5) is 0 Å². The van der Waals surface area contributed by atoms with Gasteiger partial charge in [0, 0.05) is 52.1 Å². The highest BCUT2D eigenvalue weighted by molar-refractivity contribution is 5.79. The summed E-state index contributed by atoms with van der Waals surface area (Å²) in [4.78, 5) is 11.2. The van der Waals surface area contributed by atoms with Gasteiger partial charge in [0.1, 0.15) is 0 Å². The van der Waals surface area contributed by atoms with Gasteiger partial charge in [0.2, 0.25) is 0 Å². The van der Waals surface area contributed by atoms with E-state index in [0.717, 1.165) is 69.8 Å². The number of piperidine rings is 1. The molecule has 6 nitrogen and oxygen atoms in total. The van der Waals surface area contributed by atoms with Crippen LogP contribution in [0.5, 0.6) is 0 Å². The number of hydrogen-bond acceptors (Lipinski definition) is 4. The van der Waals surface area contributed by atoms with Crippen LogP contribution in [-0.4, -0.2) is 61.8 Å². The summed E-state index contributed by atoms with van der Waals surface area (Å²) >= 11 is 0. The molecule has 0 unspecified atom stereocenters. The minimum absolute atomic E-state index is 0.485. The lowest BCUT2D eigenvalue weighted by atomic mass is 10.1. The molecule has 2 aliphatic rings. The molecular formula is C19H31N5O. The zero-order valence-electron chi connectivity index (χ0n) is 15.3. The van der Waals surface area contributed by atoms with Crippen molar-refractivity contribution in [1.82, 2.24) is 20.5 Å².